The molecular formula is C18H29N3O3S. The van der Waals surface area contributed by atoms with E-state index in [4.69, 9.17) is 0 Å². The molecule has 1 aromatic rings. The lowest BCUT2D eigenvalue weighted by Gasteiger charge is -2.39. The molecule has 0 unspecified atom stereocenters. The molecule has 6 nitrogen and oxygen atoms in total. The smallest absolute Gasteiger partial charge is 0.239 e. The van der Waals surface area contributed by atoms with Crippen molar-refractivity contribution in [1.82, 2.24) is 14.1 Å². The fourth-order valence-corrected chi connectivity index (χ4v) is 3.96. The molecule has 1 fully saturated rings. The molecule has 0 bridgehead atoms. The molecule has 1 aromatic carbocycles. The van der Waals surface area contributed by atoms with Crippen LogP contribution in [0.25, 0.3) is 0 Å². The van der Waals surface area contributed by atoms with Crippen molar-refractivity contribution >= 4 is 15.9 Å². The maximum atomic E-state index is 12.7. The summed E-state index contributed by atoms with van der Waals surface area (Å²) in [5.74, 6) is 0.230. The molecule has 1 aliphatic heterocycles. The summed E-state index contributed by atoms with van der Waals surface area (Å²) in [6.07, 6.45) is 0.538. The maximum absolute atomic E-state index is 12.7. The van der Waals surface area contributed by atoms with Gasteiger partial charge in [0.05, 0.1) is 11.8 Å². The van der Waals surface area contributed by atoms with Crippen molar-refractivity contribution in [3.05, 3.63) is 35.4 Å². The fraction of sp³-hybridized carbons (Fsp3) is 0.611. The van der Waals surface area contributed by atoms with Crippen molar-refractivity contribution in [3.63, 3.8) is 0 Å². The Morgan fingerprint density at radius 3 is 2.60 bits per heavy atom. The van der Waals surface area contributed by atoms with Crippen LogP contribution in [0.2, 0.25) is 0 Å². The molecule has 140 valence electrons. The van der Waals surface area contributed by atoms with Crippen molar-refractivity contribution in [2.24, 2.45) is 0 Å². The third-order valence-corrected chi connectivity index (χ3v) is 6.65. The molecule has 0 aromatic heterocycles. The van der Waals surface area contributed by atoms with Crippen LogP contribution in [0, 0.1) is 6.92 Å². The monoisotopic (exact) mass is 367 g/mol. The standard InChI is InChI=1S/C18H29N3O3S/c1-15-7-5-8-17(13-15)14-21-11-10-20(16(2)18(21)22)9-6-12-25(23,24)19(3)4/h5,7-8,13,16H,6,9-12,14H2,1-4H3/t16-/m1/s1. The molecule has 1 saturated heterocycles. The Labute approximate surface area is 151 Å². The van der Waals surface area contributed by atoms with Gasteiger partial charge in [0, 0.05) is 40.3 Å². The highest BCUT2D eigenvalue weighted by molar-refractivity contribution is 7.89. The van der Waals surface area contributed by atoms with E-state index in [9.17, 15) is 13.2 Å². The molecule has 0 N–H and O–H groups in total. The van der Waals surface area contributed by atoms with Gasteiger partial charge in [-0.15, -0.1) is 0 Å². The molecule has 25 heavy (non-hydrogen) atoms. The Morgan fingerprint density at radius 1 is 1.24 bits per heavy atom. The molecule has 0 radical (unpaired) electrons. The van der Waals surface area contributed by atoms with Crippen LogP contribution >= 0.6 is 0 Å². The van der Waals surface area contributed by atoms with Gasteiger partial charge in [-0.05, 0) is 25.8 Å². The van der Waals surface area contributed by atoms with Crippen molar-refractivity contribution in [1.29, 1.82) is 0 Å². The largest absolute Gasteiger partial charge is 0.336 e. The van der Waals surface area contributed by atoms with Crippen LogP contribution < -0.4 is 0 Å². The number of hydrogen-bond donors (Lipinski definition) is 0. The summed E-state index contributed by atoms with van der Waals surface area (Å²) >= 11 is 0. The van der Waals surface area contributed by atoms with Gasteiger partial charge in [0.1, 0.15) is 0 Å². The summed E-state index contributed by atoms with van der Waals surface area (Å²) in [4.78, 5) is 16.6. The summed E-state index contributed by atoms with van der Waals surface area (Å²) < 4.78 is 24.9. The molecule has 7 heteroatoms. The van der Waals surface area contributed by atoms with Gasteiger partial charge in [-0.2, -0.15) is 0 Å². The Hall–Kier alpha value is -1.44. The van der Waals surface area contributed by atoms with Gasteiger partial charge in [-0.3, -0.25) is 9.69 Å². The van der Waals surface area contributed by atoms with E-state index in [2.05, 4.69) is 11.0 Å². The Kier molecular flexibility index (Phi) is 6.59. The quantitative estimate of drug-likeness (QED) is 0.729. The van der Waals surface area contributed by atoms with Crippen molar-refractivity contribution < 1.29 is 13.2 Å². The lowest BCUT2D eigenvalue weighted by Crippen LogP contribution is -2.55. The van der Waals surface area contributed by atoms with E-state index < -0.39 is 10.0 Å². The van der Waals surface area contributed by atoms with E-state index in [1.165, 1.54) is 9.87 Å². The van der Waals surface area contributed by atoms with E-state index in [1.807, 2.05) is 36.9 Å². The van der Waals surface area contributed by atoms with Crippen LogP contribution in [-0.4, -0.2) is 74.0 Å². The zero-order chi connectivity index (χ0) is 18.6. The SMILES string of the molecule is Cc1cccc(CN2CCN(CCCS(=O)(=O)N(C)C)[C@H](C)C2=O)c1. The first kappa shape index (κ1) is 19.9. The predicted molar refractivity (Wildman–Crippen MR) is 99.7 cm³/mol. The molecular weight excluding hydrogens is 338 g/mol. The highest BCUT2D eigenvalue weighted by Gasteiger charge is 2.31. The first-order chi connectivity index (χ1) is 11.7. The number of aryl methyl sites for hydroxylation is 1. The Morgan fingerprint density at radius 2 is 1.96 bits per heavy atom. The zero-order valence-electron chi connectivity index (χ0n) is 15.6. The number of sulfonamides is 1. The van der Waals surface area contributed by atoms with E-state index in [0.29, 0.717) is 26.1 Å². The number of rotatable bonds is 7. The number of hydrogen-bond acceptors (Lipinski definition) is 4. The summed E-state index contributed by atoms with van der Waals surface area (Å²) in [6.45, 7) is 6.67. The molecule has 0 saturated carbocycles. The second kappa shape index (κ2) is 8.29. The second-order valence-electron chi connectivity index (χ2n) is 6.91. The summed E-state index contributed by atoms with van der Waals surface area (Å²) in [7, 11) is -0.0799. The number of carbonyl (C=O) groups excluding carboxylic acids is 1. The van der Waals surface area contributed by atoms with Crippen LogP contribution in [0.15, 0.2) is 24.3 Å². The summed E-state index contributed by atoms with van der Waals surface area (Å²) in [6, 6.07) is 8.01. The number of piperazine rings is 1. The minimum absolute atomic E-state index is 0.114. The van der Waals surface area contributed by atoms with Crippen LogP contribution in [0.3, 0.4) is 0 Å². The van der Waals surface area contributed by atoms with Crippen LogP contribution in [-0.2, 0) is 21.4 Å². The minimum Gasteiger partial charge on any atom is -0.336 e. The fourth-order valence-electron chi connectivity index (χ4n) is 3.10. The van der Waals surface area contributed by atoms with E-state index in [-0.39, 0.29) is 17.7 Å². The van der Waals surface area contributed by atoms with Gasteiger partial charge < -0.3 is 4.90 Å². The minimum atomic E-state index is -3.17. The molecule has 2 rings (SSSR count). The van der Waals surface area contributed by atoms with E-state index in [0.717, 1.165) is 12.1 Å². The normalized spacial score (nSPS) is 19.6. The average Bonchev–Trinajstić information content (AvgIpc) is 2.54. The first-order valence-corrected chi connectivity index (χ1v) is 10.3. The predicted octanol–water partition coefficient (Wildman–Crippen LogP) is 1.31. The second-order valence-corrected chi connectivity index (χ2v) is 9.22. The summed E-state index contributed by atoms with van der Waals surface area (Å²) in [5, 5.41) is 0. The Balaban J connectivity index is 1.88. The van der Waals surface area contributed by atoms with Crippen LogP contribution in [0.1, 0.15) is 24.5 Å². The van der Waals surface area contributed by atoms with Gasteiger partial charge in [0.2, 0.25) is 15.9 Å². The molecule has 0 aliphatic carbocycles. The van der Waals surface area contributed by atoms with Crippen molar-refractivity contribution in [2.75, 3.05) is 39.5 Å². The molecule has 1 amide bonds. The number of amides is 1. The van der Waals surface area contributed by atoms with Gasteiger partial charge in [0.25, 0.3) is 0 Å². The van der Waals surface area contributed by atoms with Crippen molar-refractivity contribution in [2.45, 2.75) is 32.9 Å². The third-order valence-electron chi connectivity index (χ3n) is 4.73. The van der Waals surface area contributed by atoms with Crippen molar-refractivity contribution in [3.8, 4) is 0 Å². The topological polar surface area (TPSA) is 60.9 Å². The van der Waals surface area contributed by atoms with E-state index in [1.54, 1.807) is 14.1 Å². The zero-order valence-corrected chi connectivity index (χ0v) is 16.4. The van der Waals surface area contributed by atoms with Crippen LogP contribution in [0.4, 0.5) is 0 Å². The molecule has 1 heterocycles. The average molecular weight is 368 g/mol. The Bertz CT molecular complexity index is 703. The maximum Gasteiger partial charge on any atom is 0.239 e. The third kappa shape index (κ3) is 5.26. The van der Waals surface area contributed by atoms with Gasteiger partial charge in [0.15, 0.2) is 0 Å². The van der Waals surface area contributed by atoms with E-state index >= 15 is 0 Å². The molecule has 0 spiro atoms. The molecule has 1 aliphatic rings. The van der Waals surface area contributed by atoms with Gasteiger partial charge in [-0.25, -0.2) is 12.7 Å². The lowest BCUT2D eigenvalue weighted by molar-refractivity contribution is -0.141. The van der Waals surface area contributed by atoms with Gasteiger partial charge in [-0.1, -0.05) is 29.8 Å². The van der Waals surface area contributed by atoms with Gasteiger partial charge >= 0.3 is 0 Å². The lowest BCUT2D eigenvalue weighted by atomic mass is 10.1. The summed E-state index contributed by atoms with van der Waals surface area (Å²) in [5.41, 5.74) is 2.34. The highest BCUT2D eigenvalue weighted by atomic mass is 32.2. The van der Waals surface area contributed by atoms with Crippen LogP contribution in [0.5, 0.6) is 0 Å². The number of benzene rings is 1. The highest BCUT2D eigenvalue weighted by Crippen LogP contribution is 2.16. The molecule has 1 atom stereocenters. The first-order valence-electron chi connectivity index (χ1n) is 8.69. The number of carbonyl (C=O) groups is 1. The number of nitrogens with zero attached hydrogens (tertiary/aromatic N) is 3.